The van der Waals surface area contributed by atoms with E-state index in [1.54, 1.807) is 7.11 Å². The molecular weight excluding hydrogens is 292 g/mol. The second-order valence-electron chi connectivity index (χ2n) is 5.01. The van der Waals surface area contributed by atoms with Gasteiger partial charge in [-0.25, -0.2) is 4.99 Å². The minimum Gasteiger partial charge on any atom is -0.383 e. The molecule has 0 aliphatic heterocycles. The number of benzene rings is 1. The van der Waals surface area contributed by atoms with Crippen molar-refractivity contribution in [1.82, 2.24) is 16.0 Å². The summed E-state index contributed by atoms with van der Waals surface area (Å²) in [5, 5.41) is 8.95. The first-order valence-electron chi connectivity index (χ1n) is 8.05. The average molecular weight is 320 g/mol. The third kappa shape index (κ3) is 7.65. The van der Waals surface area contributed by atoms with E-state index in [1.165, 1.54) is 11.1 Å². The number of carbonyl (C=O) groups is 1. The Morgan fingerprint density at radius 2 is 1.87 bits per heavy atom. The van der Waals surface area contributed by atoms with Crippen LogP contribution in [0.25, 0.3) is 0 Å². The largest absolute Gasteiger partial charge is 0.383 e. The number of aryl methyl sites for hydroxylation is 1. The van der Waals surface area contributed by atoms with E-state index in [0.717, 1.165) is 13.0 Å². The molecule has 1 amide bonds. The van der Waals surface area contributed by atoms with Crippen LogP contribution in [0, 0.1) is 0 Å². The van der Waals surface area contributed by atoms with Gasteiger partial charge in [-0.15, -0.1) is 0 Å². The van der Waals surface area contributed by atoms with E-state index in [9.17, 15) is 4.79 Å². The molecule has 0 spiro atoms. The fraction of sp³-hybridized carbons (Fsp3) is 0.529. The summed E-state index contributed by atoms with van der Waals surface area (Å²) in [7, 11) is 1.61. The van der Waals surface area contributed by atoms with Crippen LogP contribution in [0.15, 0.2) is 29.3 Å². The van der Waals surface area contributed by atoms with Crippen molar-refractivity contribution in [2.75, 3.05) is 33.4 Å². The van der Waals surface area contributed by atoms with Gasteiger partial charge in [-0.2, -0.15) is 0 Å². The van der Waals surface area contributed by atoms with Crippen molar-refractivity contribution >= 4 is 11.9 Å². The van der Waals surface area contributed by atoms with Gasteiger partial charge in [-0.1, -0.05) is 31.2 Å². The van der Waals surface area contributed by atoms with Gasteiger partial charge in [0.25, 0.3) is 0 Å². The third-order valence-electron chi connectivity index (χ3n) is 3.30. The van der Waals surface area contributed by atoms with Gasteiger partial charge in [0.05, 0.1) is 19.7 Å². The molecule has 0 radical (unpaired) electrons. The van der Waals surface area contributed by atoms with Crippen molar-refractivity contribution in [1.29, 1.82) is 0 Å². The number of nitrogens with zero attached hydrogens (tertiary/aromatic N) is 1. The number of rotatable bonds is 9. The zero-order valence-corrected chi connectivity index (χ0v) is 14.3. The molecular formula is C17H28N4O2. The molecule has 0 fully saturated rings. The molecule has 0 saturated heterocycles. The quantitative estimate of drug-likeness (QED) is 0.361. The zero-order valence-electron chi connectivity index (χ0n) is 14.3. The number of hydrogen-bond acceptors (Lipinski definition) is 3. The predicted octanol–water partition coefficient (Wildman–Crippen LogP) is 1.07. The van der Waals surface area contributed by atoms with Crippen molar-refractivity contribution in [3.05, 3.63) is 35.4 Å². The van der Waals surface area contributed by atoms with Gasteiger partial charge in [-0.05, 0) is 24.5 Å². The SMILES string of the molecule is CCNC(=NCc1ccccc1CC)NCC(=O)NCCOC. The van der Waals surface area contributed by atoms with E-state index < -0.39 is 0 Å². The van der Waals surface area contributed by atoms with Crippen LogP contribution in [-0.4, -0.2) is 45.2 Å². The number of amides is 1. The summed E-state index contributed by atoms with van der Waals surface area (Å²) >= 11 is 0. The lowest BCUT2D eigenvalue weighted by Crippen LogP contribution is -2.43. The van der Waals surface area contributed by atoms with Crippen molar-refractivity contribution in [2.45, 2.75) is 26.8 Å². The summed E-state index contributed by atoms with van der Waals surface area (Å²) in [4.78, 5) is 16.2. The Kier molecular flexibility index (Phi) is 9.47. The van der Waals surface area contributed by atoms with Gasteiger partial charge in [0.15, 0.2) is 5.96 Å². The van der Waals surface area contributed by atoms with Crippen LogP contribution >= 0.6 is 0 Å². The van der Waals surface area contributed by atoms with Crippen molar-refractivity contribution in [2.24, 2.45) is 4.99 Å². The maximum atomic E-state index is 11.7. The average Bonchev–Trinajstić information content (AvgIpc) is 2.58. The summed E-state index contributed by atoms with van der Waals surface area (Å²) in [5.41, 5.74) is 2.50. The Balaban J connectivity index is 2.54. The molecule has 0 aromatic heterocycles. The van der Waals surface area contributed by atoms with Gasteiger partial charge in [-0.3, -0.25) is 4.79 Å². The van der Waals surface area contributed by atoms with Gasteiger partial charge in [0, 0.05) is 20.2 Å². The third-order valence-corrected chi connectivity index (χ3v) is 3.30. The minimum absolute atomic E-state index is 0.0818. The van der Waals surface area contributed by atoms with Crippen molar-refractivity contribution < 1.29 is 9.53 Å². The van der Waals surface area contributed by atoms with E-state index in [2.05, 4.69) is 40.0 Å². The highest BCUT2D eigenvalue weighted by atomic mass is 16.5. The highest BCUT2D eigenvalue weighted by Crippen LogP contribution is 2.10. The molecule has 1 rings (SSSR count). The maximum Gasteiger partial charge on any atom is 0.239 e. The Morgan fingerprint density at radius 3 is 2.52 bits per heavy atom. The molecule has 0 aliphatic carbocycles. The van der Waals surface area contributed by atoms with Crippen LogP contribution in [0.3, 0.4) is 0 Å². The van der Waals surface area contributed by atoms with Crippen molar-refractivity contribution in [3.8, 4) is 0 Å². The molecule has 1 aromatic carbocycles. The van der Waals surface area contributed by atoms with Gasteiger partial charge < -0.3 is 20.7 Å². The standard InChI is InChI=1S/C17H28N4O2/c1-4-14-8-6-7-9-15(14)12-20-17(18-5-2)21-13-16(22)19-10-11-23-3/h6-9H,4-5,10-13H2,1-3H3,(H,19,22)(H2,18,20,21). The molecule has 3 N–H and O–H groups in total. The molecule has 0 unspecified atom stereocenters. The fourth-order valence-electron chi connectivity index (χ4n) is 2.08. The number of nitrogens with one attached hydrogen (secondary N) is 3. The summed E-state index contributed by atoms with van der Waals surface area (Å²) in [6, 6.07) is 8.27. The van der Waals surface area contributed by atoms with Crippen LogP contribution in [0.1, 0.15) is 25.0 Å². The molecule has 1 aromatic rings. The lowest BCUT2D eigenvalue weighted by Gasteiger charge is -2.12. The number of carbonyl (C=O) groups excluding carboxylic acids is 1. The number of ether oxygens (including phenoxy) is 1. The summed E-state index contributed by atoms with van der Waals surface area (Å²) in [5.74, 6) is 0.557. The normalized spacial score (nSPS) is 11.2. The maximum absolute atomic E-state index is 11.7. The molecule has 6 nitrogen and oxygen atoms in total. The van der Waals surface area contributed by atoms with E-state index in [4.69, 9.17) is 4.74 Å². The molecule has 0 bridgehead atoms. The Morgan fingerprint density at radius 1 is 1.13 bits per heavy atom. The first-order valence-corrected chi connectivity index (χ1v) is 8.05. The van der Waals surface area contributed by atoms with Crippen molar-refractivity contribution in [3.63, 3.8) is 0 Å². The predicted molar refractivity (Wildman–Crippen MR) is 93.5 cm³/mol. The lowest BCUT2D eigenvalue weighted by atomic mass is 10.1. The minimum atomic E-state index is -0.0818. The number of aliphatic imine (C=N–C) groups is 1. The summed E-state index contributed by atoms with van der Waals surface area (Å²) in [6.45, 7) is 6.66. The fourth-order valence-corrected chi connectivity index (χ4v) is 2.08. The molecule has 23 heavy (non-hydrogen) atoms. The Hall–Kier alpha value is -2.08. The molecule has 0 heterocycles. The van der Waals surface area contributed by atoms with Crippen LogP contribution in [-0.2, 0) is 22.5 Å². The summed E-state index contributed by atoms with van der Waals surface area (Å²) < 4.78 is 4.89. The second kappa shape index (κ2) is 11.5. The lowest BCUT2D eigenvalue weighted by molar-refractivity contribution is -0.120. The molecule has 0 saturated carbocycles. The number of methoxy groups -OCH3 is 1. The van der Waals surface area contributed by atoms with Crippen LogP contribution in [0.2, 0.25) is 0 Å². The molecule has 0 atom stereocenters. The Labute approximate surface area is 138 Å². The smallest absolute Gasteiger partial charge is 0.239 e. The van der Waals surface area contributed by atoms with Crippen LogP contribution < -0.4 is 16.0 Å². The first kappa shape index (κ1) is 19.0. The number of hydrogen-bond donors (Lipinski definition) is 3. The first-order chi connectivity index (χ1) is 11.2. The molecule has 128 valence electrons. The highest BCUT2D eigenvalue weighted by molar-refractivity contribution is 5.86. The van der Waals surface area contributed by atoms with Crippen LogP contribution in [0.5, 0.6) is 0 Å². The molecule has 6 heteroatoms. The highest BCUT2D eigenvalue weighted by Gasteiger charge is 2.04. The zero-order chi connectivity index (χ0) is 16.9. The number of guanidine groups is 1. The topological polar surface area (TPSA) is 74.8 Å². The van der Waals surface area contributed by atoms with Gasteiger partial charge in [0.2, 0.25) is 5.91 Å². The Bertz CT molecular complexity index is 503. The van der Waals surface area contributed by atoms with Crippen LogP contribution in [0.4, 0.5) is 0 Å². The van der Waals surface area contributed by atoms with Gasteiger partial charge >= 0.3 is 0 Å². The van der Waals surface area contributed by atoms with E-state index >= 15 is 0 Å². The van der Waals surface area contributed by atoms with E-state index in [-0.39, 0.29) is 12.5 Å². The second-order valence-corrected chi connectivity index (χ2v) is 5.01. The van der Waals surface area contributed by atoms with E-state index in [1.807, 2.05) is 19.1 Å². The molecule has 0 aliphatic rings. The monoisotopic (exact) mass is 320 g/mol. The summed E-state index contributed by atoms with van der Waals surface area (Å²) in [6.07, 6.45) is 0.984. The van der Waals surface area contributed by atoms with E-state index in [0.29, 0.717) is 25.7 Å². The van der Waals surface area contributed by atoms with Gasteiger partial charge in [0.1, 0.15) is 0 Å².